The molecule has 1 aliphatic rings. The van der Waals surface area contributed by atoms with Crippen LogP contribution in [0, 0.1) is 17.2 Å². The number of hydrogen-bond donors (Lipinski definition) is 1. The van der Waals surface area contributed by atoms with Gasteiger partial charge < -0.3 is 19.6 Å². The van der Waals surface area contributed by atoms with E-state index in [1.807, 2.05) is 13.0 Å². The molecule has 0 saturated heterocycles. The molecule has 0 spiro atoms. The van der Waals surface area contributed by atoms with E-state index in [1.54, 1.807) is 49.3 Å². The third-order valence-electron chi connectivity index (χ3n) is 6.43. The minimum absolute atomic E-state index is 0.150. The van der Waals surface area contributed by atoms with Crippen molar-refractivity contribution in [2.45, 2.75) is 26.0 Å². The van der Waals surface area contributed by atoms with Crippen LogP contribution in [0.3, 0.4) is 0 Å². The number of benzene rings is 1. The van der Waals surface area contributed by atoms with Crippen LogP contribution in [0.1, 0.15) is 40.3 Å². The fourth-order valence-corrected chi connectivity index (χ4v) is 4.20. The number of pyridine rings is 1. The summed E-state index contributed by atoms with van der Waals surface area (Å²) in [5, 5.41) is 19.1. The zero-order valence-corrected chi connectivity index (χ0v) is 20.9. The summed E-state index contributed by atoms with van der Waals surface area (Å²) in [4.78, 5) is 42.1. The second kappa shape index (κ2) is 11.1. The van der Waals surface area contributed by atoms with Gasteiger partial charge in [0, 0.05) is 43.7 Å². The second-order valence-corrected chi connectivity index (χ2v) is 9.17. The van der Waals surface area contributed by atoms with Crippen molar-refractivity contribution in [3.8, 4) is 23.1 Å². The molecule has 1 N–H and O–H groups in total. The Morgan fingerprint density at radius 3 is 2.78 bits per heavy atom. The first kappa shape index (κ1) is 25.7. The summed E-state index contributed by atoms with van der Waals surface area (Å²) in [6.45, 7) is 4.04. The summed E-state index contributed by atoms with van der Waals surface area (Å²) < 4.78 is 6.27. The lowest BCUT2D eigenvalue weighted by Gasteiger charge is -2.37. The standard InChI is InChI=1S/C27H28N6O4/c1-17-14-33(18(2)16-34)26(35)22-10-21(20-6-4-5-19(9-20)11-28)12-31-25(22)37-24(17)15-32(3)27(36)23-13-29-7-8-30-23/h4-10,12-13,17-18,24,34H,14-16H2,1-3H3/t17-,18+,24+/m1/s1. The molecule has 0 aliphatic carbocycles. The van der Waals surface area contributed by atoms with Gasteiger partial charge in [-0.25, -0.2) is 9.97 Å². The molecule has 0 unspecified atom stereocenters. The minimum Gasteiger partial charge on any atom is -0.472 e. The molecular formula is C27H28N6O4. The Balaban J connectivity index is 1.70. The van der Waals surface area contributed by atoms with E-state index in [-0.39, 0.29) is 48.0 Å². The Hall–Kier alpha value is -4.36. The molecule has 3 aromatic rings. The minimum atomic E-state index is -0.494. The van der Waals surface area contributed by atoms with E-state index >= 15 is 0 Å². The molecule has 37 heavy (non-hydrogen) atoms. The van der Waals surface area contributed by atoms with Crippen molar-refractivity contribution in [2.75, 3.05) is 26.7 Å². The highest BCUT2D eigenvalue weighted by Crippen LogP contribution is 2.30. The summed E-state index contributed by atoms with van der Waals surface area (Å²) in [7, 11) is 1.66. The molecule has 3 heterocycles. The number of aromatic nitrogens is 3. The number of rotatable bonds is 6. The van der Waals surface area contributed by atoms with E-state index < -0.39 is 12.1 Å². The molecule has 4 rings (SSSR count). The van der Waals surface area contributed by atoms with Gasteiger partial charge >= 0.3 is 0 Å². The lowest BCUT2D eigenvalue weighted by molar-refractivity contribution is 0.0312. The number of ether oxygens (including phenoxy) is 1. The van der Waals surface area contributed by atoms with Crippen LogP contribution in [0.2, 0.25) is 0 Å². The predicted molar refractivity (Wildman–Crippen MR) is 135 cm³/mol. The quantitative estimate of drug-likeness (QED) is 0.546. The molecule has 0 bridgehead atoms. The van der Waals surface area contributed by atoms with E-state index in [9.17, 15) is 20.0 Å². The first-order valence-electron chi connectivity index (χ1n) is 11.9. The van der Waals surface area contributed by atoms with Gasteiger partial charge in [0.25, 0.3) is 11.8 Å². The largest absolute Gasteiger partial charge is 0.472 e. The number of aliphatic hydroxyl groups is 1. The number of nitriles is 1. The summed E-state index contributed by atoms with van der Waals surface area (Å²) in [6, 6.07) is 10.4. The van der Waals surface area contributed by atoms with Crippen LogP contribution in [0.5, 0.6) is 5.88 Å². The monoisotopic (exact) mass is 500 g/mol. The van der Waals surface area contributed by atoms with Crippen LogP contribution in [-0.2, 0) is 0 Å². The third-order valence-corrected chi connectivity index (χ3v) is 6.43. The molecule has 0 saturated carbocycles. The summed E-state index contributed by atoms with van der Waals surface area (Å²) in [5.74, 6) is -0.644. The fourth-order valence-electron chi connectivity index (χ4n) is 4.20. The molecule has 0 radical (unpaired) electrons. The van der Waals surface area contributed by atoms with Crippen LogP contribution in [-0.4, -0.2) is 80.6 Å². The van der Waals surface area contributed by atoms with Crippen LogP contribution in [0.25, 0.3) is 11.1 Å². The highest BCUT2D eigenvalue weighted by atomic mass is 16.5. The number of likely N-dealkylation sites (N-methyl/N-ethyl adjacent to an activating group) is 1. The highest BCUT2D eigenvalue weighted by molar-refractivity contribution is 5.98. The number of nitrogens with zero attached hydrogens (tertiary/aromatic N) is 6. The summed E-state index contributed by atoms with van der Waals surface area (Å²) >= 11 is 0. The molecular weight excluding hydrogens is 472 g/mol. The van der Waals surface area contributed by atoms with Crippen LogP contribution in [0.4, 0.5) is 0 Å². The second-order valence-electron chi connectivity index (χ2n) is 9.17. The van der Waals surface area contributed by atoms with Gasteiger partial charge in [0.2, 0.25) is 5.88 Å². The van der Waals surface area contributed by atoms with Crippen molar-refractivity contribution in [1.29, 1.82) is 5.26 Å². The first-order chi connectivity index (χ1) is 17.8. The maximum Gasteiger partial charge on any atom is 0.273 e. The smallest absolute Gasteiger partial charge is 0.273 e. The number of amides is 2. The number of carbonyl (C=O) groups is 2. The van der Waals surface area contributed by atoms with Crippen molar-refractivity contribution >= 4 is 11.8 Å². The SMILES string of the molecule is C[C@@H]1CN([C@@H](C)CO)C(=O)c2cc(-c3cccc(C#N)c3)cnc2O[C@H]1CN(C)C(=O)c1cnccn1. The number of carbonyl (C=O) groups excluding carboxylic acids is 2. The molecule has 1 aromatic carbocycles. The Morgan fingerprint density at radius 1 is 1.27 bits per heavy atom. The van der Waals surface area contributed by atoms with Crippen molar-refractivity contribution in [3.63, 3.8) is 0 Å². The van der Waals surface area contributed by atoms with Crippen molar-refractivity contribution in [1.82, 2.24) is 24.8 Å². The average molecular weight is 501 g/mol. The Bertz CT molecular complexity index is 1330. The van der Waals surface area contributed by atoms with Crippen LogP contribution < -0.4 is 4.74 Å². The Labute approximate surface area is 215 Å². The fraction of sp³-hybridized carbons (Fsp3) is 0.333. The van der Waals surface area contributed by atoms with E-state index in [1.165, 1.54) is 23.5 Å². The lowest BCUT2D eigenvalue weighted by atomic mass is 9.98. The molecule has 3 atom stereocenters. The van der Waals surface area contributed by atoms with E-state index in [4.69, 9.17) is 4.74 Å². The molecule has 2 aromatic heterocycles. The molecule has 190 valence electrons. The zero-order chi connectivity index (χ0) is 26.5. The molecule has 10 heteroatoms. The first-order valence-corrected chi connectivity index (χ1v) is 11.9. The van der Waals surface area contributed by atoms with Gasteiger partial charge in [0.05, 0.1) is 37.0 Å². The van der Waals surface area contributed by atoms with Gasteiger partial charge in [-0.3, -0.25) is 14.6 Å². The number of fused-ring (bicyclic) bond motifs is 1. The molecule has 0 fully saturated rings. The zero-order valence-electron chi connectivity index (χ0n) is 20.9. The molecule has 10 nitrogen and oxygen atoms in total. The summed E-state index contributed by atoms with van der Waals surface area (Å²) in [6.07, 6.45) is 5.47. The number of hydrogen-bond acceptors (Lipinski definition) is 8. The van der Waals surface area contributed by atoms with Gasteiger partial charge in [-0.05, 0) is 30.7 Å². The molecule has 2 amide bonds. The van der Waals surface area contributed by atoms with Gasteiger partial charge in [-0.1, -0.05) is 19.1 Å². The Kier molecular flexibility index (Phi) is 7.74. The van der Waals surface area contributed by atoms with Crippen molar-refractivity contribution in [2.24, 2.45) is 5.92 Å². The van der Waals surface area contributed by atoms with Crippen molar-refractivity contribution < 1.29 is 19.4 Å². The average Bonchev–Trinajstić information content (AvgIpc) is 2.94. The van der Waals surface area contributed by atoms with Gasteiger partial charge in [-0.2, -0.15) is 5.26 Å². The van der Waals surface area contributed by atoms with E-state index in [0.29, 0.717) is 17.7 Å². The van der Waals surface area contributed by atoms with Gasteiger partial charge in [0.1, 0.15) is 17.4 Å². The number of aliphatic hydroxyl groups excluding tert-OH is 1. The van der Waals surface area contributed by atoms with Crippen LogP contribution in [0.15, 0.2) is 55.1 Å². The van der Waals surface area contributed by atoms with Crippen molar-refractivity contribution in [3.05, 3.63) is 71.9 Å². The Morgan fingerprint density at radius 2 is 2.08 bits per heavy atom. The highest BCUT2D eigenvalue weighted by Gasteiger charge is 2.35. The van der Waals surface area contributed by atoms with Gasteiger partial charge in [-0.15, -0.1) is 0 Å². The normalized spacial score (nSPS) is 18.0. The summed E-state index contributed by atoms with van der Waals surface area (Å²) in [5.41, 5.74) is 2.36. The molecule has 1 aliphatic heterocycles. The topological polar surface area (TPSA) is 133 Å². The van der Waals surface area contributed by atoms with Crippen LogP contribution >= 0.6 is 0 Å². The lowest BCUT2D eigenvalue weighted by Crippen LogP contribution is -2.50. The third kappa shape index (κ3) is 5.57. The van der Waals surface area contributed by atoms with Gasteiger partial charge in [0.15, 0.2) is 0 Å². The maximum atomic E-state index is 13.6. The maximum absolute atomic E-state index is 13.6. The van der Waals surface area contributed by atoms with E-state index in [2.05, 4.69) is 21.0 Å². The predicted octanol–water partition coefficient (Wildman–Crippen LogP) is 2.40. The van der Waals surface area contributed by atoms with E-state index in [0.717, 1.165) is 5.56 Å².